The summed E-state index contributed by atoms with van der Waals surface area (Å²) in [6.45, 7) is 0. The van der Waals surface area contributed by atoms with Crippen LogP contribution in [0.3, 0.4) is 0 Å². The maximum absolute atomic E-state index is 6.50. The lowest BCUT2D eigenvalue weighted by atomic mass is 10.3. The van der Waals surface area contributed by atoms with Gasteiger partial charge in [-0.25, -0.2) is 10.9 Å². The summed E-state index contributed by atoms with van der Waals surface area (Å²) >= 11 is 0. The fourth-order valence-electron chi connectivity index (χ4n) is 0.803. The van der Waals surface area contributed by atoms with Gasteiger partial charge in [-0.1, -0.05) is 12.1 Å². The zero-order valence-corrected chi connectivity index (χ0v) is 5.77. The molecule has 3 N–H and O–H groups in total. The van der Waals surface area contributed by atoms with Crippen molar-refractivity contribution in [2.24, 2.45) is 5.90 Å². The first-order valence-electron chi connectivity index (χ1n) is 3.01. The van der Waals surface area contributed by atoms with E-state index in [4.69, 9.17) is 9.62 Å². The van der Waals surface area contributed by atoms with Crippen molar-refractivity contribution in [3.05, 3.63) is 30.7 Å². The zero-order chi connectivity index (χ0) is 8.10. The Hall–Kier alpha value is -1.39. The van der Waals surface area contributed by atoms with Gasteiger partial charge in [-0.05, 0) is 12.1 Å². The van der Waals surface area contributed by atoms with Crippen LogP contribution in [0.15, 0.2) is 35.1 Å². The molecule has 1 aromatic carbocycles. The fraction of sp³-hybridized carbons (Fsp3) is 0. The number of rotatable bonds is 0. The number of fused-ring (bicyclic) bond motifs is 1. The first-order chi connectivity index (χ1) is 5.47. The second-order valence-corrected chi connectivity index (χ2v) is 1.82. The van der Waals surface area contributed by atoms with Crippen molar-refractivity contribution < 1.29 is 9.62 Å². The topological polar surface area (TPSA) is 72.3 Å². The third-order valence-electron chi connectivity index (χ3n) is 1.24. The Morgan fingerprint density at radius 1 is 1.27 bits per heavy atom. The molecule has 1 heterocycles. The molecule has 0 saturated heterocycles. The molecule has 0 aliphatic carbocycles. The maximum atomic E-state index is 6.50. The molecule has 0 bridgehead atoms. The quantitative estimate of drug-likeness (QED) is 0.555. The summed E-state index contributed by atoms with van der Waals surface area (Å²) in [6, 6.07) is 7.67. The lowest BCUT2D eigenvalue weighted by molar-refractivity contribution is 0.311. The molecule has 1 aromatic heterocycles. The summed E-state index contributed by atoms with van der Waals surface area (Å²) in [5.41, 5.74) is 1.76. The summed E-state index contributed by atoms with van der Waals surface area (Å²) in [4.78, 5) is 3.95. The third-order valence-corrected chi connectivity index (χ3v) is 1.24. The minimum absolute atomic E-state index is 0.845. The van der Waals surface area contributed by atoms with Crippen LogP contribution in [0.25, 0.3) is 11.1 Å². The molecule has 0 radical (unpaired) electrons. The Balaban J connectivity index is 0.000000281. The Kier molecular flexibility index (Phi) is 2.59. The van der Waals surface area contributed by atoms with Gasteiger partial charge in [0, 0.05) is 0 Å². The normalized spacial score (nSPS) is 8.91. The van der Waals surface area contributed by atoms with Crippen molar-refractivity contribution in [2.75, 3.05) is 0 Å². The van der Waals surface area contributed by atoms with Gasteiger partial charge in [0.2, 0.25) is 0 Å². The van der Waals surface area contributed by atoms with Crippen LogP contribution in [0.1, 0.15) is 0 Å². The Morgan fingerprint density at radius 2 is 2.00 bits per heavy atom. The molecule has 2 aromatic rings. The number of nitrogens with zero attached hydrogens (tertiary/aromatic N) is 1. The third kappa shape index (κ3) is 1.54. The Bertz CT molecular complexity index is 288. The van der Waals surface area contributed by atoms with E-state index in [-0.39, 0.29) is 0 Å². The van der Waals surface area contributed by atoms with Crippen LogP contribution in [0.4, 0.5) is 0 Å². The summed E-state index contributed by atoms with van der Waals surface area (Å²) in [5.74, 6) is 3.50. The van der Waals surface area contributed by atoms with E-state index in [2.05, 4.69) is 10.9 Å². The average molecular weight is 152 g/mol. The van der Waals surface area contributed by atoms with Gasteiger partial charge in [0.1, 0.15) is 5.52 Å². The molecule has 11 heavy (non-hydrogen) atoms. The molecule has 58 valence electrons. The van der Waals surface area contributed by atoms with Gasteiger partial charge >= 0.3 is 0 Å². The smallest absolute Gasteiger partial charge is 0.181 e. The van der Waals surface area contributed by atoms with Crippen LogP contribution in [-0.4, -0.2) is 10.2 Å². The van der Waals surface area contributed by atoms with E-state index in [1.165, 1.54) is 6.39 Å². The molecule has 0 aliphatic heterocycles. The van der Waals surface area contributed by atoms with Gasteiger partial charge in [0.05, 0.1) is 0 Å². The molecule has 0 saturated carbocycles. The van der Waals surface area contributed by atoms with E-state index in [1.807, 2.05) is 24.3 Å². The van der Waals surface area contributed by atoms with Gasteiger partial charge in [-0.2, -0.15) is 0 Å². The second kappa shape index (κ2) is 3.70. The van der Waals surface area contributed by atoms with Gasteiger partial charge in [-0.15, -0.1) is 0 Å². The molecule has 0 spiro atoms. The highest BCUT2D eigenvalue weighted by Crippen LogP contribution is 2.09. The summed E-state index contributed by atoms with van der Waals surface area (Å²) < 4.78 is 5.01. The van der Waals surface area contributed by atoms with E-state index in [1.54, 1.807) is 0 Å². The van der Waals surface area contributed by atoms with Crippen molar-refractivity contribution in [3.8, 4) is 0 Å². The highest BCUT2D eigenvalue weighted by atomic mass is 16.4. The van der Waals surface area contributed by atoms with E-state index < -0.39 is 0 Å². The number of hydrogen-bond acceptors (Lipinski definition) is 4. The van der Waals surface area contributed by atoms with Crippen molar-refractivity contribution >= 4 is 11.1 Å². The van der Waals surface area contributed by atoms with Gasteiger partial charge < -0.3 is 9.62 Å². The predicted molar refractivity (Wildman–Crippen MR) is 40.0 cm³/mol. The van der Waals surface area contributed by atoms with Crippen LogP contribution in [0.2, 0.25) is 0 Å². The lowest BCUT2D eigenvalue weighted by Gasteiger charge is -1.79. The highest BCUT2D eigenvalue weighted by Gasteiger charge is 1.91. The molecular formula is C7H8N2O2. The lowest BCUT2D eigenvalue weighted by Crippen LogP contribution is -1.72. The van der Waals surface area contributed by atoms with Crippen molar-refractivity contribution in [1.29, 1.82) is 0 Å². The maximum Gasteiger partial charge on any atom is 0.181 e. The number of benzene rings is 1. The molecule has 0 atom stereocenters. The van der Waals surface area contributed by atoms with Crippen LogP contribution < -0.4 is 5.90 Å². The standard InChI is InChI=1S/C7H5NO.H3NO/c1-2-4-7-6(3-1)8-5-9-7;1-2/h1-5H;2H,1H2. The monoisotopic (exact) mass is 152 g/mol. The number of para-hydroxylation sites is 2. The largest absolute Gasteiger partial charge is 0.443 e. The minimum Gasteiger partial charge on any atom is -0.443 e. The van der Waals surface area contributed by atoms with Crippen molar-refractivity contribution in [1.82, 2.24) is 4.98 Å². The molecule has 4 nitrogen and oxygen atoms in total. The number of oxazole rings is 1. The SMILES string of the molecule is NO.c1ccc2ocnc2c1. The minimum atomic E-state index is 0.845. The van der Waals surface area contributed by atoms with Crippen molar-refractivity contribution in [2.45, 2.75) is 0 Å². The predicted octanol–water partition coefficient (Wildman–Crippen LogP) is 1.16. The van der Waals surface area contributed by atoms with E-state index in [0.717, 1.165) is 11.1 Å². The average Bonchev–Trinajstić information content (AvgIpc) is 2.55. The molecule has 0 fully saturated rings. The highest BCUT2D eigenvalue weighted by molar-refractivity contribution is 5.71. The Labute approximate surface area is 63.2 Å². The van der Waals surface area contributed by atoms with Crippen LogP contribution in [0.5, 0.6) is 0 Å². The molecular weight excluding hydrogens is 144 g/mol. The van der Waals surface area contributed by atoms with E-state index in [0.29, 0.717) is 0 Å². The van der Waals surface area contributed by atoms with Crippen LogP contribution in [-0.2, 0) is 0 Å². The first kappa shape index (κ1) is 7.71. The number of aromatic nitrogens is 1. The van der Waals surface area contributed by atoms with Gasteiger partial charge in [0.15, 0.2) is 12.0 Å². The van der Waals surface area contributed by atoms with Gasteiger partial charge in [-0.3, -0.25) is 0 Å². The number of hydrogen-bond donors (Lipinski definition) is 2. The van der Waals surface area contributed by atoms with Crippen LogP contribution >= 0.6 is 0 Å². The van der Waals surface area contributed by atoms with Crippen LogP contribution in [0, 0.1) is 0 Å². The van der Waals surface area contributed by atoms with Crippen molar-refractivity contribution in [3.63, 3.8) is 0 Å². The first-order valence-corrected chi connectivity index (χ1v) is 3.01. The molecule has 2 rings (SSSR count). The molecule has 0 amide bonds. The number of nitrogens with two attached hydrogens (primary N) is 1. The second-order valence-electron chi connectivity index (χ2n) is 1.82. The van der Waals surface area contributed by atoms with E-state index in [9.17, 15) is 0 Å². The zero-order valence-electron chi connectivity index (χ0n) is 5.77. The van der Waals surface area contributed by atoms with Gasteiger partial charge in [0.25, 0.3) is 0 Å². The van der Waals surface area contributed by atoms with E-state index >= 15 is 0 Å². The summed E-state index contributed by atoms with van der Waals surface area (Å²) in [5, 5.41) is 6.50. The molecule has 0 unspecified atom stereocenters. The summed E-state index contributed by atoms with van der Waals surface area (Å²) in [6.07, 6.45) is 1.45. The molecule has 0 aliphatic rings. The summed E-state index contributed by atoms with van der Waals surface area (Å²) in [7, 11) is 0. The Morgan fingerprint density at radius 3 is 2.73 bits per heavy atom. The molecule has 4 heteroatoms. The fourth-order valence-corrected chi connectivity index (χ4v) is 0.803.